The largest absolute Gasteiger partial charge is 0.371 e. The van der Waals surface area contributed by atoms with E-state index in [9.17, 15) is 8.42 Å². The third kappa shape index (κ3) is 2.91. The van der Waals surface area contributed by atoms with E-state index >= 15 is 0 Å². The number of H-pyrrole nitrogens is 1. The zero-order chi connectivity index (χ0) is 17.4. The molecule has 128 valence electrons. The molecule has 4 heterocycles. The SMILES string of the molecule is N#CCS(=O)(=O)CC1CCN(c2cc[nH]c3cnc4nccc4c23)C1. The number of nitrogens with zero attached hydrogens (tertiary/aromatic N) is 4. The summed E-state index contributed by atoms with van der Waals surface area (Å²) in [5.74, 6) is -0.283. The van der Waals surface area contributed by atoms with Crippen LogP contribution in [0.3, 0.4) is 0 Å². The molecule has 0 spiro atoms. The molecule has 0 aromatic carbocycles. The van der Waals surface area contributed by atoms with Crippen LogP contribution in [-0.4, -0.2) is 48.0 Å². The van der Waals surface area contributed by atoms with Gasteiger partial charge < -0.3 is 9.88 Å². The number of aromatic amines is 1. The lowest BCUT2D eigenvalue weighted by Gasteiger charge is -2.21. The Kier molecular flexibility index (Phi) is 3.81. The number of nitrogens with one attached hydrogen (secondary N) is 1. The van der Waals surface area contributed by atoms with Crippen LogP contribution in [0.4, 0.5) is 5.69 Å². The summed E-state index contributed by atoms with van der Waals surface area (Å²) in [4.78, 5) is 14.0. The average molecular weight is 355 g/mol. The van der Waals surface area contributed by atoms with Gasteiger partial charge in [0, 0.05) is 41.9 Å². The minimum absolute atomic E-state index is 0.0488. The third-order valence-electron chi connectivity index (χ3n) is 4.67. The lowest BCUT2D eigenvalue weighted by molar-refractivity contribution is 0.575. The number of hydrogen-bond donors (Lipinski definition) is 1. The molecule has 0 aliphatic carbocycles. The molecule has 0 bridgehead atoms. The van der Waals surface area contributed by atoms with E-state index in [1.807, 2.05) is 18.3 Å². The first-order valence-corrected chi connectivity index (χ1v) is 9.92. The van der Waals surface area contributed by atoms with E-state index in [0.717, 1.165) is 34.9 Å². The second-order valence-corrected chi connectivity index (χ2v) is 8.51. The Morgan fingerprint density at radius 2 is 2.24 bits per heavy atom. The number of pyridine rings is 2. The van der Waals surface area contributed by atoms with Gasteiger partial charge in [0.05, 0.1) is 23.5 Å². The highest BCUT2D eigenvalue weighted by Gasteiger charge is 2.28. The number of hydrogen-bond acceptors (Lipinski definition) is 6. The van der Waals surface area contributed by atoms with E-state index < -0.39 is 15.6 Å². The molecule has 1 aliphatic rings. The van der Waals surface area contributed by atoms with E-state index in [1.54, 1.807) is 18.5 Å². The molecule has 1 aliphatic heterocycles. The van der Waals surface area contributed by atoms with Crippen molar-refractivity contribution in [2.45, 2.75) is 6.42 Å². The van der Waals surface area contributed by atoms with Gasteiger partial charge in [0.15, 0.2) is 15.5 Å². The third-order valence-corrected chi connectivity index (χ3v) is 6.22. The molecule has 7 nitrogen and oxygen atoms in total. The van der Waals surface area contributed by atoms with Crippen LogP contribution in [0.5, 0.6) is 0 Å². The summed E-state index contributed by atoms with van der Waals surface area (Å²) in [6, 6.07) is 5.71. The minimum Gasteiger partial charge on any atom is -0.371 e. The van der Waals surface area contributed by atoms with Gasteiger partial charge in [-0.2, -0.15) is 5.26 Å². The topological polar surface area (TPSA) is 103 Å². The summed E-state index contributed by atoms with van der Waals surface area (Å²) in [5.41, 5.74) is 2.70. The van der Waals surface area contributed by atoms with Crippen LogP contribution in [0.2, 0.25) is 0 Å². The molecule has 4 rings (SSSR count). The fourth-order valence-corrected chi connectivity index (χ4v) is 4.91. The molecule has 0 amide bonds. The number of rotatable bonds is 4. The van der Waals surface area contributed by atoms with Crippen LogP contribution in [0.25, 0.3) is 21.9 Å². The van der Waals surface area contributed by atoms with Gasteiger partial charge in [-0.05, 0) is 24.5 Å². The van der Waals surface area contributed by atoms with Crippen LogP contribution in [-0.2, 0) is 9.84 Å². The molecule has 25 heavy (non-hydrogen) atoms. The van der Waals surface area contributed by atoms with Gasteiger partial charge in [-0.15, -0.1) is 0 Å². The fourth-order valence-electron chi connectivity index (χ4n) is 3.61. The first kappa shape index (κ1) is 15.8. The Bertz CT molecular complexity index is 1080. The first-order chi connectivity index (χ1) is 12.1. The number of nitriles is 1. The van der Waals surface area contributed by atoms with Gasteiger partial charge in [-0.25, -0.2) is 18.4 Å². The zero-order valence-corrected chi connectivity index (χ0v) is 14.3. The Morgan fingerprint density at radius 3 is 3.08 bits per heavy atom. The van der Waals surface area contributed by atoms with Crippen molar-refractivity contribution in [3.8, 4) is 6.07 Å². The Balaban J connectivity index is 1.67. The lowest BCUT2D eigenvalue weighted by atomic mass is 10.1. The average Bonchev–Trinajstić information content (AvgIpc) is 3.22. The van der Waals surface area contributed by atoms with Crippen molar-refractivity contribution in [2.75, 3.05) is 29.5 Å². The summed E-state index contributed by atoms with van der Waals surface area (Å²) < 4.78 is 23.8. The molecule has 3 aromatic heterocycles. The Hall–Kier alpha value is -2.66. The standard InChI is InChI=1S/C17H17N5O2S/c18-4-8-25(23,24)11-12-3-7-22(10-12)15-2-6-19-14-9-21-17-13(16(14)15)1-5-20-17/h1-2,5-6,9,12,19H,3,7-8,10-11H2. The van der Waals surface area contributed by atoms with E-state index in [-0.39, 0.29) is 11.7 Å². The predicted octanol–water partition coefficient (Wildman–Crippen LogP) is 1.88. The maximum Gasteiger partial charge on any atom is 0.163 e. The quantitative estimate of drug-likeness (QED) is 0.766. The minimum atomic E-state index is -3.30. The lowest BCUT2D eigenvalue weighted by Crippen LogP contribution is -2.24. The summed E-state index contributed by atoms with van der Waals surface area (Å²) in [6.45, 7) is 1.46. The predicted molar refractivity (Wildman–Crippen MR) is 96.0 cm³/mol. The Labute approximate surface area is 145 Å². The van der Waals surface area contributed by atoms with Crippen LogP contribution >= 0.6 is 0 Å². The van der Waals surface area contributed by atoms with Crippen molar-refractivity contribution in [2.24, 2.45) is 5.92 Å². The number of anilines is 1. The molecule has 1 N–H and O–H groups in total. The van der Waals surface area contributed by atoms with Gasteiger partial charge in [0.25, 0.3) is 0 Å². The van der Waals surface area contributed by atoms with Crippen LogP contribution < -0.4 is 4.90 Å². The summed E-state index contributed by atoms with van der Waals surface area (Å²) in [5, 5.41) is 10.7. The maximum atomic E-state index is 11.9. The number of fused-ring (bicyclic) bond motifs is 3. The van der Waals surface area contributed by atoms with Gasteiger partial charge in [-0.1, -0.05) is 0 Å². The molecule has 8 heteroatoms. The van der Waals surface area contributed by atoms with Gasteiger partial charge in [-0.3, -0.25) is 0 Å². The molecule has 1 unspecified atom stereocenters. The molecule has 0 saturated carbocycles. The van der Waals surface area contributed by atoms with Crippen molar-refractivity contribution in [3.05, 3.63) is 30.7 Å². The normalized spacial score (nSPS) is 18.0. The van der Waals surface area contributed by atoms with Gasteiger partial charge in [0.1, 0.15) is 5.75 Å². The monoisotopic (exact) mass is 355 g/mol. The highest BCUT2D eigenvalue weighted by molar-refractivity contribution is 7.91. The van der Waals surface area contributed by atoms with Crippen LogP contribution in [0.1, 0.15) is 6.42 Å². The molecule has 0 radical (unpaired) electrons. The highest BCUT2D eigenvalue weighted by atomic mass is 32.2. The van der Waals surface area contributed by atoms with E-state index in [4.69, 9.17) is 5.26 Å². The van der Waals surface area contributed by atoms with Crippen molar-refractivity contribution in [1.82, 2.24) is 15.0 Å². The van der Waals surface area contributed by atoms with Gasteiger partial charge >= 0.3 is 0 Å². The first-order valence-electron chi connectivity index (χ1n) is 8.10. The van der Waals surface area contributed by atoms with Crippen molar-refractivity contribution in [1.29, 1.82) is 5.26 Å². The van der Waals surface area contributed by atoms with Crippen LogP contribution in [0, 0.1) is 17.2 Å². The fraction of sp³-hybridized carbons (Fsp3) is 0.353. The summed E-state index contributed by atoms with van der Waals surface area (Å²) in [6.07, 6.45) is 6.20. The van der Waals surface area contributed by atoms with Crippen molar-refractivity contribution < 1.29 is 8.42 Å². The summed E-state index contributed by atoms with van der Waals surface area (Å²) >= 11 is 0. The number of sulfone groups is 1. The van der Waals surface area contributed by atoms with Gasteiger partial charge in [0.2, 0.25) is 0 Å². The van der Waals surface area contributed by atoms with E-state index in [0.29, 0.717) is 12.2 Å². The molecule has 1 fully saturated rings. The summed E-state index contributed by atoms with van der Waals surface area (Å²) in [7, 11) is -3.30. The highest BCUT2D eigenvalue weighted by Crippen LogP contribution is 2.34. The molecular weight excluding hydrogens is 338 g/mol. The number of aromatic nitrogens is 3. The smallest absolute Gasteiger partial charge is 0.163 e. The van der Waals surface area contributed by atoms with E-state index in [1.165, 1.54) is 0 Å². The molecular formula is C17H17N5O2S. The van der Waals surface area contributed by atoms with Crippen molar-refractivity contribution >= 4 is 37.5 Å². The Morgan fingerprint density at radius 1 is 1.36 bits per heavy atom. The molecule has 3 aromatic rings. The maximum absolute atomic E-state index is 11.9. The second-order valence-electron chi connectivity index (χ2n) is 6.41. The molecule has 1 saturated heterocycles. The van der Waals surface area contributed by atoms with Crippen molar-refractivity contribution in [3.63, 3.8) is 0 Å². The second kappa shape index (κ2) is 6.01. The van der Waals surface area contributed by atoms with Crippen LogP contribution in [0.15, 0.2) is 30.7 Å². The zero-order valence-electron chi connectivity index (χ0n) is 13.5. The molecule has 1 atom stereocenters. The van der Waals surface area contributed by atoms with E-state index in [2.05, 4.69) is 19.9 Å².